The molecule has 4 unspecified atom stereocenters. The average molecular weight is 391 g/mol. The van der Waals surface area contributed by atoms with Crippen LogP contribution in [0.2, 0.25) is 0 Å². The van der Waals surface area contributed by atoms with Crippen molar-refractivity contribution in [1.29, 1.82) is 0 Å². The highest BCUT2D eigenvalue weighted by Crippen LogP contribution is 2.47. The number of amides is 2. The van der Waals surface area contributed by atoms with Gasteiger partial charge in [-0.3, -0.25) is 14.5 Å². The highest BCUT2D eigenvalue weighted by molar-refractivity contribution is 7.81. The van der Waals surface area contributed by atoms with E-state index in [0.717, 1.165) is 44.2 Å². The maximum atomic E-state index is 13.8. The molecule has 0 bridgehead atoms. The normalized spacial score (nSPS) is 25.8. The molecule has 1 aromatic rings. The number of carbonyl (C=O) groups is 2. The fourth-order valence-electron chi connectivity index (χ4n) is 4.62. The van der Waals surface area contributed by atoms with E-state index in [-0.39, 0.29) is 29.0 Å². The molecule has 0 aromatic heterocycles. The number of benzene rings is 1. The lowest BCUT2D eigenvalue weighted by Crippen LogP contribution is -2.67. The fraction of sp³-hybridized carbons (Fsp3) is 0.636. The Labute approximate surface area is 169 Å². The van der Waals surface area contributed by atoms with Crippen molar-refractivity contribution in [2.75, 3.05) is 4.90 Å². The number of hydrogen-bond donors (Lipinski definition) is 2. The van der Waals surface area contributed by atoms with E-state index in [1.165, 1.54) is 0 Å². The molecule has 1 saturated carbocycles. The monoisotopic (exact) mass is 390 g/mol. The molecule has 0 spiro atoms. The molecule has 5 heteroatoms. The minimum absolute atomic E-state index is 0.0498. The van der Waals surface area contributed by atoms with Crippen molar-refractivity contribution >= 4 is 30.1 Å². The smallest absolute Gasteiger partial charge is 0.248 e. The number of para-hydroxylation sites is 1. The molecule has 0 saturated heterocycles. The largest absolute Gasteiger partial charge is 0.351 e. The predicted octanol–water partition coefficient (Wildman–Crippen LogP) is 4.59. The molecule has 1 aliphatic rings. The molecule has 0 radical (unpaired) electrons. The zero-order chi connectivity index (χ0) is 20.0. The molecule has 0 aliphatic heterocycles. The van der Waals surface area contributed by atoms with Gasteiger partial charge in [0.15, 0.2) is 0 Å². The van der Waals surface area contributed by atoms with Gasteiger partial charge >= 0.3 is 0 Å². The van der Waals surface area contributed by atoms with Crippen molar-refractivity contribution in [3.05, 3.63) is 30.3 Å². The van der Waals surface area contributed by atoms with Crippen molar-refractivity contribution in [2.24, 2.45) is 5.92 Å². The van der Waals surface area contributed by atoms with Gasteiger partial charge in [-0.1, -0.05) is 51.8 Å². The predicted molar refractivity (Wildman–Crippen MR) is 115 cm³/mol. The summed E-state index contributed by atoms with van der Waals surface area (Å²) in [6.45, 7) is 7.88. The van der Waals surface area contributed by atoms with Gasteiger partial charge in [-0.2, -0.15) is 12.6 Å². The third-order valence-corrected chi connectivity index (χ3v) is 6.59. The first-order valence-corrected chi connectivity index (χ1v) is 10.8. The minimum Gasteiger partial charge on any atom is -0.351 e. The molecular weight excluding hydrogens is 356 g/mol. The molecule has 1 aromatic carbocycles. The number of anilines is 1. The highest BCUT2D eigenvalue weighted by atomic mass is 32.1. The molecule has 2 amide bonds. The van der Waals surface area contributed by atoms with Gasteiger partial charge in [-0.15, -0.1) is 0 Å². The van der Waals surface area contributed by atoms with Crippen molar-refractivity contribution in [2.45, 2.75) is 83.1 Å². The Kier molecular flexibility index (Phi) is 7.78. The van der Waals surface area contributed by atoms with Crippen LogP contribution in [0, 0.1) is 5.92 Å². The van der Waals surface area contributed by atoms with Crippen LogP contribution in [0.5, 0.6) is 0 Å². The molecule has 1 fully saturated rings. The van der Waals surface area contributed by atoms with Crippen LogP contribution in [-0.2, 0) is 9.59 Å². The van der Waals surface area contributed by atoms with E-state index in [1.54, 1.807) is 11.8 Å². The topological polar surface area (TPSA) is 49.4 Å². The van der Waals surface area contributed by atoms with Gasteiger partial charge in [0.25, 0.3) is 0 Å². The van der Waals surface area contributed by atoms with E-state index in [4.69, 9.17) is 12.6 Å². The van der Waals surface area contributed by atoms with E-state index in [2.05, 4.69) is 26.1 Å². The van der Waals surface area contributed by atoms with Crippen LogP contribution in [0.25, 0.3) is 0 Å². The Morgan fingerprint density at radius 3 is 2.41 bits per heavy atom. The first kappa shape index (κ1) is 21.8. The molecule has 150 valence electrons. The lowest BCUT2D eigenvalue weighted by molar-refractivity contribution is -0.132. The van der Waals surface area contributed by atoms with Gasteiger partial charge in [0.2, 0.25) is 11.8 Å². The van der Waals surface area contributed by atoms with Crippen molar-refractivity contribution in [1.82, 2.24) is 5.32 Å². The molecule has 1 N–H and O–H groups in total. The molecule has 4 nitrogen and oxygen atoms in total. The number of hydrogen-bond acceptors (Lipinski definition) is 3. The molecule has 27 heavy (non-hydrogen) atoms. The Morgan fingerprint density at radius 2 is 1.89 bits per heavy atom. The van der Waals surface area contributed by atoms with E-state index < -0.39 is 5.54 Å². The zero-order valence-electron chi connectivity index (χ0n) is 17.1. The molecule has 4 atom stereocenters. The molecular formula is C22H34N2O2S. The number of rotatable bonds is 8. The Balaban J connectivity index is 2.56. The summed E-state index contributed by atoms with van der Waals surface area (Å²) in [6, 6.07) is 9.69. The Morgan fingerprint density at radius 1 is 1.22 bits per heavy atom. The first-order chi connectivity index (χ1) is 12.9. The summed E-state index contributed by atoms with van der Waals surface area (Å²) < 4.78 is 0. The number of carbonyl (C=O) groups excluding carboxylic acids is 2. The first-order valence-electron chi connectivity index (χ1n) is 10.3. The fourth-order valence-corrected chi connectivity index (χ4v) is 5.21. The van der Waals surface area contributed by atoms with Crippen LogP contribution in [0.1, 0.15) is 66.2 Å². The number of nitrogens with one attached hydrogen (secondary N) is 1. The highest BCUT2D eigenvalue weighted by Gasteiger charge is 2.59. The third-order valence-electron chi connectivity index (χ3n) is 5.94. The summed E-state index contributed by atoms with van der Waals surface area (Å²) in [7, 11) is 0. The second-order valence-corrected chi connectivity index (χ2v) is 8.20. The lowest BCUT2D eigenvalue weighted by Gasteiger charge is -2.46. The summed E-state index contributed by atoms with van der Waals surface area (Å²) in [6.07, 6.45) is 5.41. The van der Waals surface area contributed by atoms with Gasteiger partial charge in [-0.05, 0) is 43.7 Å². The van der Waals surface area contributed by atoms with Crippen molar-refractivity contribution in [3.8, 4) is 0 Å². The van der Waals surface area contributed by atoms with Gasteiger partial charge in [0.1, 0.15) is 5.54 Å². The Bertz CT molecular complexity index is 636. The third kappa shape index (κ3) is 4.18. The van der Waals surface area contributed by atoms with Crippen molar-refractivity contribution in [3.63, 3.8) is 0 Å². The van der Waals surface area contributed by atoms with Gasteiger partial charge in [0.05, 0.1) is 0 Å². The maximum absolute atomic E-state index is 13.8. The standard InChI is InChI=1S/C22H34N2O2S/c1-5-11-18(7-3)23-21(26)22(17(6-2)14-15-20(22)27)24(16(4)25)19-12-9-8-10-13-19/h8-10,12-13,17-18,20,27H,5-7,11,14-15H2,1-4H3,(H,23,26). The number of nitrogens with zero attached hydrogens (tertiary/aromatic N) is 1. The van der Waals surface area contributed by atoms with Crippen LogP contribution in [0.15, 0.2) is 30.3 Å². The molecule has 0 heterocycles. The zero-order valence-corrected chi connectivity index (χ0v) is 18.0. The second kappa shape index (κ2) is 9.63. The van der Waals surface area contributed by atoms with E-state index in [0.29, 0.717) is 0 Å². The minimum atomic E-state index is -0.952. The van der Waals surface area contributed by atoms with Gasteiger partial charge in [-0.25, -0.2) is 0 Å². The van der Waals surface area contributed by atoms with E-state index >= 15 is 0 Å². The molecule has 2 rings (SSSR count). The Hall–Kier alpha value is -1.49. The van der Waals surface area contributed by atoms with Crippen LogP contribution >= 0.6 is 12.6 Å². The van der Waals surface area contributed by atoms with Gasteiger partial charge in [0, 0.05) is 23.9 Å². The lowest BCUT2D eigenvalue weighted by atomic mass is 9.81. The van der Waals surface area contributed by atoms with Crippen molar-refractivity contribution < 1.29 is 9.59 Å². The second-order valence-electron chi connectivity index (χ2n) is 7.58. The maximum Gasteiger partial charge on any atom is 0.248 e. The summed E-state index contributed by atoms with van der Waals surface area (Å²) in [4.78, 5) is 28.3. The summed E-state index contributed by atoms with van der Waals surface area (Å²) in [5.41, 5.74) is -0.185. The van der Waals surface area contributed by atoms with Crippen LogP contribution in [0.3, 0.4) is 0 Å². The van der Waals surface area contributed by atoms with Gasteiger partial charge < -0.3 is 5.32 Å². The number of thiol groups is 1. The van der Waals surface area contributed by atoms with E-state index in [9.17, 15) is 9.59 Å². The summed E-state index contributed by atoms with van der Waals surface area (Å²) in [5.74, 6) is -0.0752. The molecule has 1 aliphatic carbocycles. The van der Waals surface area contributed by atoms with Crippen LogP contribution in [0.4, 0.5) is 5.69 Å². The summed E-state index contributed by atoms with van der Waals surface area (Å²) >= 11 is 4.86. The average Bonchev–Trinajstić information content (AvgIpc) is 2.99. The van der Waals surface area contributed by atoms with Crippen LogP contribution < -0.4 is 10.2 Å². The van der Waals surface area contributed by atoms with Crippen LogP contribution in [-0.4, -0.2) is 28.6 Å². The van der Waals surface area contributed by atoms with E-state index in [1.807, 2.05) is 30.3 Å². The SMILES string of the molecule is CCCC(CC)NC(=O)C1(N(C(C)=O)c2ccccc2)C(S)CCC1CC. The quantitative estimate of drug-likeness (QED) is 0.638. The summed E-state index contributed by atoms with van der Waals surface area (Å²) in [5, 5.41) is 3.08.